The van der Waals surface area contributed by atoms with Crippen LogP contribution in [-0.2, 0) is 26.7 Å². The lowest BCUT2D eigenvalue weighted by Gasteiger charge is -2.16. The number of amides is 1. The molecule has 2 rings (SSSR count). The van der Waals surface area contributed by atoms with E-state index in [-0.39, 0.29) is 22.6 Å². The quantitative estimate of drug-likeness (QED) is 0.871. The standard InChI is InChI=1S/C16H20N4O3S/c1-16(2,3)15-18-9-12(10-19-15)20-14(21)8-11-4-6-13(7-5-11)24(17,22)23/h4-7,9-10H,8H2,1-3H3,(H,20,21)(H2,17,22,23). The Labute approximate surface area is 141 Å². The Kier molecular flexibility index (Phi) is 5.00. The third kappa shape index (κ3) is 4.84. The Balaban J connectivity index is 2.00. The van der Waals surface area contributed by atoms with E-state index in [9.17, 15) is 13.2 Å². The first-order chi connectivity index (χ1) is 11.1. The number of anilines is 1. The van der Waals surface area contributed by atoms with Crippen molar-refractivity contribution in [1.82, 2.24) is 9.97 Å². The van der Waals surface area contributed by atoms with Crippen LogP contribution in [0.15, 0.2) is 41.6 Å². The molecule has 1 heterocycles. The molecule has 0 spiro atoms. The largest absolute Gasteiger partial charge is 0.323 e. The topological polar surface area (TPSA) is 115 Å². The predicted octanol–water partition coefficient (Wildman–Crippen LogP) is 1.60. The second-order valence-electron chi connectivity index (χ2n) is 6.46. The van der Waals surface area contributed by atoms with Gasteiger partial charge in [-0.2, -0.15) is 0 Å². The van der Waals surface area contributed by atoms with Crippen LogP contribution >= 0.6 is 0 Å². The van der Waals surface area contributed by atoms with Crippen LogP contribution in [0.2, 0.25) is 0 Å². The van der Waals surface area contributed by atoms with Gasteiger partial charge in [-0.05, 0) is 17.7 Å². The summed E-state index contributed by atoms with van der Waals surface area (Å²) >= 11 is 0. The normalized spacial score (nSPS) is 12.0. The smallest absolute Gasteiger partial charge is 0.238 e. The highest BCUT2D eigenvalue weighted by Crippen LogP contribution is 2.18. The van der Waals surface area contributed by atoms with Crippen molar-refractivity contribution in [3.8, 4) is 0 Å². The highest BCUT2D eigenvalue weighted by Gasteiger charge is 2.17. The van der Waals surface area contributed by atoms with Crippen LogP contribution in [0, 0.1) is 0 Å². The second-order valence-corrected chi connectivity index (χ2v) is 8.02. The summed E-state index contributed by atoms with van der Waals surface area (Å²) in [5.41, 5.74) is 1.02. The zero-order chi connectivity index (χ0) is 18.0. The highest BCUT2D eigenvalue weighted by molar-refractivity contribution is 7.89. The lowest BCUT2D eigenvalue weighted by molar-refractivity contribution is -0.115. The number of rotatable bonds is 4. The first-order valence-electron chi connectivity index (χ1n) is 7.30. The number of carbonyl (C=O) groups excluding carboxylic acids is 1. The van der Waals surface area contributed by atoms with Gasteiger partial charge in [-0.15, -0.1) is 0 Å². The zero-order valence-electron chi connectivity index (χ0n) is 13.8. The van der Waals surface area contributed by atoms with Crippen molar-refractivity contribution in [2.24, 2.45) is 5.14 Å². The fraction of sp³-hybridized carbons (Fsp3) is 0.312. The zero-order valence-corrected chi connectivity index (χ0v) is 14.6. The molecular formula is C16H20N4O3S. The summed E-state index contributed by atoms with van der Waals surface area (Å²) in [5, 5.41) is 7.74. The van der Waals surface area contributed by atoms with Crippen LogP contribution < -0.4 is 10.5 Å². The minimum Gasteiger partial charge on any atom is -0.323 e. The van der Waals surface area contributed by atoms with Crippen molar-refractivity contribution in [1.29, 1.82) is 0 Å². The maximum Gasteiger partial charge on any atom is 0.238 e. The summed E-state index contributed by atoms with van der Waals surface area (Å²) in [4.78, 5) is 20.5. The molecule has 0 radical (unpaired) electrons. The molecule has 0 aliphatic heterocycles. The van der Waals surface area contributed by atoms with Crippen molar-refractivity contribution in [3.63, 3.8) is 0 Å². The minimum atomic E-state index is -3.73. The molecule has 0 saturated carbocycles. The summed E-state index contributed by atoms with van der Waals surface area (Å²) in [6.07, 6.45) is 3.23. The molecule has 0 saturated heterocycles. The van der Waals surface area contributed by atoms with E-state index in [2.05, 4.69) is 15.3 Å². The highest BCUT2D eigenvalue weighted by atomic mass is 32.2. The van der Waals surface area contributed by atoms with Crippen LogP contribution in [0.1, 0.15) is 32.2 Å². The van der Waals surface area contributed by atoms with Crippen LogP contribution in [0.4, 0.5) is 5.69 Å². The van der Waals surface area contributed by atoms with Gasteiger partial charge in [-0.3, -0.25) is 4.79 Å². The Bertz CT molecular complexity index is 823. The monoisotopic (exact) mass is 348 g/mol. The summed E-state index contributed by atoms with van der Waals surface area (Å²) in [5.74, 6) is 0.449. The Hall–Kier alpha value is -2.32. The Morgan fingerprint density at radius 2 is 1.67 bits per heavy atom. The number of sulfonamides is 1. The molecule has 8 heteroatoms. The van der Waals surface area contributed by atoms with E-state index in [1.165, 1.54) is 12.1 Å². The molecule has 0 aliphatic rings. The first-order valence-corrected chi connectivity index (χ1v) is 8.84. The molecule has 24 heavy (non-hydrogen) atoms. The average Bonchev–Trinajstić information content (AvgIpc) is 2.46. The number of primary sulfonamides is 1. The Morgan fingerprint density at radius 1 is 1.12 bits per heavy atom. The summed E-state index contributed by atoms with van der Waals surface area (Å²) in [7, 11) is -3.73. The van der Waals surface area contributed by atoms with Crippen LogP contribution in [0.3, 0.4) is 0 Å². The molecule has 0 bridgehead atoms. The minimum absolute atomic E-state index is 0.0119. The third-order valence-corrected chi connectivity index (χ3v) is 4.15. The second kappa shape index (κ2) is 6.66. The van der Waals surface area contributed by atoms with E-state index in [4.69, 9.17) is 5.14 Å². The van der Waals surface area contributed by atoms with Gasteiger partial charge in [0, 0.05) is 5.41 Å². The fourth-order valence-electron chi connectivity index (χ4n) is 1.97. The summed E-state index contributed by atoms with van der Waals surface area (Å²) in [6.45, 7) is 6.02. The van der Waals surface area contributed by atoms with Gasteiger partial charge in [0.05, 0.1) is 29.4 Å². The van der Waals surface area contributed by atoms with Crippen LogP contribution in [0.5, 0.6) is 0 Å². The summed E-state index contributed by atoms with van der Waals surface area (Å²) < 4.78 is 22.4. The fourth-order valence-corrected chi connectivity index (χ4v) is 2.48. The molecule has 1 amide bonds. The van der Waals surface area contributed by atoms with Gasteiger partial charge in [0.25, 0.3) is 0 Å². The molecule has 0 aliphatic carbocycles. The lowest BCUT2D eigenvalue weighted by Crippen LogP contribution is -2.18. The van der Waals surface area contributed by atoms with Crippen molar-refractivity contribution in [2.45, 2.75) is 37.5 Å². The Morgan fingerprint density at radius 3 is 2.12 bits per heavy atom. The maximum atomic E-state index is 12.0. The average molecular weight is 348 g/mol. The molecule has 0 atom stereocenters. The number of hydrogen-bond acceptors (Lipinski definition) is 5. The van der Waals surface area contributed by atoms with E-state index >= 15 is 0 Å². The number of hydrogen-bond donors (Lipinski definition) is 2. The molecule has 0 unspecified atom stereocenters. The van der Waals surface area contributed by atoms with E-state index in [0.29, 0.717) is 17.1 Å². The van der Waals surface area contributed by atoms with Crippen molar-refractivity contribution < 1.29 is 13.2 Å². The van der Waals surface area contributed by atoms with Gasteiger partial charge >= 0.3 is 0 Å². The van der Waals surface area contributed by atoms with Gasteiger partial charge in [0.2, 0.25) is 15.9 Å². The number of aromatic nitrogens is 2. The van der Waals surface area contributed by atoms with Crippen molar-refractivity contribution in [2.75, 3.05) is 5.32 Å². The van der Waals surface area contributed by atoms with Crippen molar-refractivity contribution in [3.05, 3.63) is 48.0 Å². The molecule has 0 fully saturated rings. The van der Waals surface area contributed by atoms with Gasteiger partial charge in [-0.25, -0.2) is 23.5 Å². The lowest BCUT2D eigenvalue weighted by atomic mass is 9.96. The maximum absolute atomic E-state index is 12.0. The predicted molar refractivity (Wildman–Crippen MR) is 90.9 cm³/mol. The number of nitrogens with one attached hydrogen (secondary N) is 1. The molecule has 2 aromatic rings. The molecular weight excluding hydrogens is 328 g/mol. The van der Waals surface area contributed by atoms with E-state index in [0.717, 1.165) is 0 Å². The third-order valence-electron chi connectivity index (χ3n) is 3.22. The molecule has 128 valence electrons. The number of benzene rings is 1. The van der Waals surface area contributed by atoms with Gasteiger partial charge in [0.15, 0.2) is 0 Å². The van der Waals surface area contributed by atoms with Gasteiger partial charge < -0.3 is 5.32 Å². The molecule has 7 nitrogen and oxygen atoms in total. The number of carbonyl (C=O) groups is 1. The van der Waals surface area contributed by atoms with Crippen molar-refractivity contribution >= 4 is 21.6 Å². The number of nitrogens with zero attached hydrogens (tertiary/aromatic N) is 2. The molecule has 1 aromatic carbocycles. The van der Waals surface area contributed by atoms with Gasteiger partial charge in [-0.1, -0.05) is 32.9 Å². The SMILES string of the molecule is CC(C)(C)c1ncc(NC(=O)Cc2ccc(S(N)(=O)=O)cc2)cn1. The van der Waals surface area contributed by atoms with E-state index < -0.39 is 10.0 Å². The summed E-state index contributed by atoms with van der Waals surface area (Å²) in [6, 6.07) is 5.86. The molecule has 3 N–H and O–H groups in total. The van der Waals surface area contributed by atoms with Crippen LogP contribution in [-0.4, -0.2) is 24.3 Å². The van der Waals surface area contributed by atoms with E-state index in [1.807, 2.05) is 20.8 Å². The molecule has 1 aromatic heterocycles. The first kappa shape index (κ1) is 18.0. The van der Waals surface area contributed by atoms with Gasteiger partial charge in [0.1, 0.15) is 5.82 Å². The van der Waals surface area contributed by atoms with Crippen LogP contribution in [0.25, 0.3) is 0 Å². The number of nitrogens with two attached hydrogens (primary N) is 1. The van der Waals surface area contributed by atoms with E-state index in [1.54, 1.807) is 24.5 Å².